The standard InChI is InChI=1S/C16H20F3N3O2.ClH/c1-10-13(7-4-8-20-10)22-14(23)9-21-15(24)11-5-2-3-6-12(11)16(17,18)19;/h2-3,5-6,10,13,20H,4,7-9H2,1H3,(H,21,24)(H,22,23);1H. The van der Waals surface area contributed by atoms with Gasteiger partial charge in [-0.2, -0.15) is 13.2 Å². The number of carbonyl (C=O) groups excluding carboxylic acids is 2. The van der Waals surface area contributed by atoms with E-state index in [0.717, 1.165) is 31.5 Å². The quantitative estimate of drug-likeness (QED) is 0.750. The molecule has 2 rings (SSSR count). The van der Waals surface area contributed by atoms with E-state index in [4.69, 9.17) is 0 Å². The summed E-state index contributed by atoms with van der Waals surface area (Å²) in [5.74, 6) is -1.35. The first kappa shape index (κ1) is 21.2. The number of benzene rings is 1. The molecule has 5 nitrogen and oxygen atoms in total. The van der Waals surface area contributed by atoms with E-state index in [1.165, 1.54) is 12.1 Å². The molecule has 0 radical (unpaired) electrons. The zero-order valence-corrected chi connectivity index (χ0v) is 14.5. The fraction of sp³-hybridized carbons (Fsp3) is 0.500. The van der Waals surface area contributed by atoms with Gasteiger partial charge in [-0.3, -0.25) is 9.59 Å². The largest absolute Gasteiger partial charge is 0.417 e. The summed E-state index contributed by atoms with van der Waals surface area (Å²) in [6.45, 7) is 2.47. The number of amides is 2. The third kappa shape index (κ3) is 5.89. The smallest absolute Gasteiger partial charge is 0.350 e. The van der Waals surface area contributed by atoms with Crippen molar-refractivity contribution in [2.75, 3.05) is 13.1 Å². The van der Waals surface area contributed by atoms with Gasteiger partial charge in [-0.05, 0) is 38.4 Å². The van der Waals surface area contributed by atoms with Gasteiger partial charge >= 0.3 is 6.18 Å². The Balaban J connectivity index is 0.00000312. The molecule has 1 heterocycles. The van der Waals surface area contributed by atoms with Crippen molar-refractivity contribution in [1.29, 1.82) is 0 Å². The van der Waals surface area contributed by atoms with Crippen molar-refractivity contribution < 1.29 is 22.8 Å². The Morgan fingerprint density at radius 3 is 2.60 bits per heavy atom. The summed E-state index contributed by atoms with van der Waals surface area (Å²) < 4.78 is 38.7. The van der Waals surface area contributed by atoms with E-state index in [2.05, 4.69) is 16.0 Å². The third-order valence-corrected chi connectivity index (χ3v) is 3.99. The second kappa shape index (κ2) is 9.05. The number of hydrogen-bond acceptors (Lipinski definition) is 3. The minimum Gasteiger partial charge on any atom is -0.350 e. The predicted molar refractivity (Wildman–Crippen MR) is 89.7 cm³/mol. The number of nitrogens with one attached hydrogen (secondary N) is 3. The Hall–Kier alpha value is -1.80. The number of piperidine rings is 1. The molecule has 0 saturated carbocycles. The molecule has 1 saturated heterocycles. The summed E-state index contributed by atoms with van der Waals surface area (Å²) in [5, 5.41) is 8.25. The maximum Gasteiger partial charge on any atom is 0.417 e. The minimum absolute atomic E-state index is 0. The van der Waals surface area contributed by atoms with Gasteiger partial charge in [0.05, 0.1) is 17.7 Å². The molecule has 2 amide bonds. The van der Waals surface area contributed by atoms with Crippen molar-refractivity contribution in [1.82, 2.24) is 16.0 Å². The van der Waals surface area contributed by atoms with E-state index < -0.39 is 29.1 Å². The zero-order chi connectivity index (χ0) is 17.7. The monoisotopic (exact) mass is 379 g/mol. The number of hydrogen-bond donors (Lipinski definition) is 3. The van der Waals surface area contributed by atoms with Crippen LogP contribution in [0.2, 0.25) is 0 Å². The Bertz CT molecular complexity index is 611. The summed E-state index contributed by atoms with van der Waals surface area (Å²) in [6, 6.07) is 4.55. The highest BCUT2D eigenvalue weighted by atomic mass is 35.5. The van der Waals surface area contributed by atoms with Gasteiger partial charge in [0.15, 0.2) is 0 Å². The lowest BCUT2D eigenvalue weighted by Crippen LogP contribution is -2.53. The van der Waals surface area contributed by atoms with Gasteiger partial charge in [0.25, 0.3) is 5.91 Å². The van der Waals surface area contributed by atoms with Crippen LogP contribution >= 0.6 is 12.4 Å². The van der Waals surface area contributed by atoms with Crippen molar-refractivity contribution >= 4 is 24.2 Å². The lowest BCUT2D eigenvalue weighted by Gasteiger charge is -2.30. The van der Waals surface area contributed by atoms with E-state index in [0.29, 0.717) is 0 Å². The highest BCUT2D eigenvalue weighted by Gasteiger charge is 2.34. The molecular formula is C16H21ClF3N3O2. The molecule has 1 aliphatic rings. The molecule has 140 valence electrons. The molecule has 1 aliphatic heterocycles. The summed E-state index contributed by atoms with van der Waals surface area (Å²) in [4.78, 5) is 23.9. The summed E-state index contributed by atoms with van der Waals surface area (Å²) >= 11 is 0. The third-order valence-electron chi connectivity index (χ3n) is 3.99. The second-order valence-corrected chi connectivity index (χ2v) is 5.79. The molecule has 0 bridgehead atoms. The van der Waals surface area contributed by atoms with Crippen molar-refractivity contribution in [3.05, 3.63) is 35.4 Å². The summed E-state index contributed by atoms with van der Waals surface area (Å²) in [7, 11) is 0. The van der Waals surface area contributed by atoms with E-state index in [1.54, 1.807) is 0 Å². The van der Waals surface area contributed by atoms with Crippen LogP contribution in [0.25, 0.3) is 0 Å². The molecule has 0 aliphatic carbocycles. The molecule has 1 aromatic carbocycles. The molecule has 2 unspecified atom stereocenters. The first-order valence-electron chi connectivity index (χ1n) is 7.76. The fourth-order valence-electron chi connectivity index (χ4n) is 2.68. The number of rotatable bonds is 4. The van der Waals surface area contributed by atoms with E-state index in [1.807, 2.05) is 6.92 Å². The lowest BCUT2D eigenvalue weighted by atomic mass is 10.00. The van der Waals surface area contributed by atoms with Crippen LogP contribution in [-0.2, 0) is 11.0 Å². The van der Waals surface area contributed by atoms with E-state index >= 15 is 0 Å². The van der Waals surface area contributed by atoms with Crippen molar-refractivity contribution in [2.45, 2.75) is 38.0 Å². The van der Waals surface area contributed by atoms with Crippen LogP contribution in [-0.4, -0.2) is 37.0 Å². The van der Waals surface area contributed by atoms with Crippen LogP contribution in [0.4, 0.5) is 13.2 Å². The molecule has 1 fully saturated rings. The predicted octanol–water partition coefficient (Wildman–Crippen LogP) is 2.11. The Labute approximate surface area is 150 Å². The van der Waals surface area contributed by atoms with Crippen molar-refractivity contribution in [2.24, 2.45) is 0 Å². The Kier molecular flexibility index (Phi) is 7.69. The maximum absolute atomic E-state index is 12.9. The highest BCUT2D eigenvalue weighted by molar-refractivity contribution is 5.97. The van der Waals surface area contributed by atoms with Crippen LogP contribution in [0, 0.1) is 0 Å². The minimum atomic E-state index is -4.63. The summed E-state index contributed by atoms with van der Waals surface area (Å²) in [6.07, 6.45) is -2.87. The van der Waals surface area contributed by atoms with Crippen LogP contribution in [0.1, 0.15) is 35.7 Å². The maximum atomic E-state index is 12.9. The first-order chi connectivity index (χ1) is 11.3. The number of carbonyl (C=O) groups is 2. The Morgan fingerprint density at radius 2 is 1.96 bits per heavy atom. The zero-order valence-electron chi connectivity index (χ0n) is 13.7. The van der Waals surface area contributed by atoms with Crippen LogP contribution in [0.15, 0.2) is 24.3 Å². The van der Waals surface area contributed by atoms with Crippen LogP contribution in [0.5, 0.6) is 0 Å². The van der Waals surface area contributed by atoms with Gasteiger partial charge in [0.2, 0.25) is 5.91 Å². The normalized spacial score (nSPS) is 20.3. The summed E-state index contributed by atoms with van der Waals surface area (Å²) in [5.41, 5.74) is -1.52. The molecule has 25 heavy (non-hydrogen) atoms. The average molecular weight is 380 g/mol. The lowest BCUT2D eigenvalue weighted by molar-refractivity contribution is -0.137. The topological polar surface area (TPSA) is 70.2 Å². The molecule has 2 atom stereocenters. The number of alkyl halides is 3. The molecule has 0 aromatic heterocycles. The number of halogens is 4. The van der Waals surface area contributed by atoms with Crippen molar-refractivity contribution in [3.63, 3.8) is 0 Å². The van der Waals surface area contributed by atoms with Gasteiger partial charge in [0, 0.05) is 12.1 Å². The van der Waals surface area contributed by atoms with Crippen LogP contribution < -0.4 is 16.0 Å². The SMILES string of the molecule is CC1NCCCC1NC(=O)CNC(=O)c1ccccc1C(F)(F)F.Cl. The fourth-order valence-corrected chi connectivity index (χ4v) is 2.68. The van der Waals surface area contributed by atoms with Gasteiger partial charge in [-0.25, -0.2) is 0 Å². The van der Waals surface area contributed by atoms with Gasteiger partial charge in [0.1, 0.15) is 0 Å². The second-order valence-electron chi connectivity index (χ2n) is 5.79. The van der Waals surface area contributed by atoms with E-state index in [9.17, 15) is 22.8 Å². The van der Waals surface area contributed by atoms with Gasteiger partial charge < -0.3 is 16.0 Å². The molecule has 3 N–H and O–H groups in total. The molecule has 9 heteroatoms. The molecule has 1 aromatic rings. The Morgan fingerprint density at radius 1 is 1.28 bits per heavy atom. The average Bonchev–Trinajstić information content (AvgIpc) is 2.54. The van der Waals surface area contributed by atoms with Crippen molar-refractivity contribution in [3.8, 4) is 0 Å². The first-order valence-corrected chi connectivity index (χ1v) is 7.76. The molecule has 0 spiro atoms. The van der Waals surface area contributed by atoms with E-state index in [-0.39, 0.29) is 31.0 Å². The van der Waals surface area contributed by atoms with Gasteiger partial charge in [-0.15, -0.1) is 12.4 Å². The molecular weight excluding hydrogens is 359 g/mol. The van der Waals surface area contributed by atoms with Crippen LogP contribution in [0.3, 0.4) is 0 Å². The highest BCUT2D eigenvalue weighted by Crippen LogP contribution is 2.31. The van der Waals surface area contributed by atoms with Gasteiger partial charge in [-0.1, -0.05) is 12.1 Å².